The number of benzene rings is 2. The molecule has 180 valence electrons. The Bertz CT molecular complexity index is 1350. The summed E-state index contributed by atoms with van der Waals surface area (Å²) in [4.78, 5) is 43.2. The van der Waals surface area contributed by atoms with Crippen molar-refractivity contribution in [2.24, 2.45) is 0 Å². The summed E-state index contributed by atoms with van der Waals surface area (Å²) in [7, 11) is 2.95. The Hall–Kier alpha value is -3.99. The minimum Gasteiger partial charge on any atom is -0.493 e. The molecule has 5 rings (SSSR count). The van der Waals surface area contributed by atoms with E-state index < -0.39 is 12.1 Å². The van der Waals surface area contributed by atoms with Crippen LogP contribution in [0.3, 0.4) is 0 Å². The van der Waals surface area contributed by atoms with E-state index in [0.29, 0.717) is 33.3 Å². The van der Waals surface area contributed by atoms with Gasteiger partial charge in [0, 0.05) is 11.5 Å². The first-order valence-corrected chi connectivity index (χ1v) is 11.8. The van der Waals surface area contributed by atoms with Crippen LogP contribution in [-0.2, 0) is 4.79 Å². The zero-order valence-electron chi connectivity index (χ0n) is 19.6. The highest BCUT2D eigenvalue weighted by Crippen LogP contribution is 2.49. The normalized spacial score (nSPS) is 16.2. The molecule has 1 N–H and O–H groups in total. The third-order valence-electron chi connectivity index (χ3n) is 5.98. The molecule has 0 aliphatic carbocycles. The van der Waals surface area contributed by atoms with Crippen molar-refractivity contribution < 1.29 is 23.9 Å². The molecule has 0 saturated heterocycles. The number of carbonyl (C=O) groups excluding carboxylic acids is 3. The van der Waals surface area contributed by atoms with Crippen LogP contribution in [0.5, 0.6) is 11.5 Å². The van der Waals surface area contributed by atoms with Crippen LogP contribution >= 0.6 is 11.3 Å². The highest BCUT2D eigenvalue weighted by molar-refractivity contribution is 7.15. The van der Waals surface area contributed by atoms with E-state index in [1.54, 1.807) is 36.4 Å². The molecule has 0 bridgehead atoms. The number of anilines is 2. The van der Waals surface area contributed by atoms with Gasteiger partial charge in [0.15, 0.2) is 11.5 Å². The standard InChI is InChI=1S/C24H23N5O5S/c1-12(2)20-26-27-24(35-20)25-17(30)11-28-21-14-9-10-16(33-3)19(34-4)18(14)23(32)29(21)15-8-6-5-7-13(15)22(28)31/h5-10,12,21H,11H2,1-4H3,(H,25,27,30)/t21-/m0/s1. The van der Waals surface area contributed by atoms with Crippen LogP contribution in [0.15, 0.2) is 36.4 Å². The van der Waals surface area contributed by atoms with E-state index in [0.717, 1.165) is 5.01 Å². The van der Waals surface area contributed by atoms with Gasteiger partial charge in [0.2, 0.25) is 11.0 Å². The van der Waals surface area contributed by atoms with E-state index in [4.69, 9.17) is 9.47 Å². The summed E-state index contributed by atoms with van der Waals surface area (Å²) in [6, 6.07) is 10.3. The SMILES string of the molecule is COc1ccc2c(c1OC)C(=O)N1c3ccccc3C(=O)N(CC(=O)Nc3nnc(C(C)C)s3)[C@H]21. The molecule has 1 aromatic heterocycles. The van der Waals surface area contributed by atoms with Crippen molar-refractivity contribution in [1.82, 2.24) is 15.1 Å². The number of fused-ring (bicyclic) bond motifs is 5. The van der Waals surface area contributed by atoms with Gasteiger partial charge in [-0.1, -0.05) is 43.4 Å². The van der Waals surface area contributed by atoms with Gasteiger partial charge < -0.3 is 14.4 Å². The van der Waals surface area contributed by atoms with Gasteiger partial charge in [0.25, 0.3) is 11.8 Å². The predicted octanol–water partition coefficient (Wildman–Crippen LogP) is 3.43. The fraction of sp³-hybridized carbons (Fsp3) is 0.292. The second-order valence-corrected chi connectivity index (χ2v) is 9.42. The lowest BCUT2D eigenvalue weighted by Crippen LogP contribution is -2.50. The van der Waals surface area contributed by atoms with E-state index in [-0.39, 0.29) is 30.0 Å². The van der Waals surface area contributed by atoms with E-state index in [1.165, 1.54) is 35.4 Å². The molecule has 0 saturated carbocycles. The number of hydrogen-bond acceptors (Lipinski definition) is 8. The Balaban J connectivity index is 1.55. The van der Waals surface area contributed by atoms with Gasteiger partial charge >= 0.3 is 0 Å². The number of para-hydroxylation sites is 1. The Morgan fingerprint density at radius 1 is 1.09 bits per heavy atom. The molecule has 3 aromatic rings. The molecular formula is C24H23N5O5S. The number of rotatable bonds is 6. The molecule has 10 nitrogen and oxygen atoms in total. The van der Waals surface area contributed by atoms with E-state index in [2.05, 4.69) is 15.5 Å². The molecule has 35 heavy (non-hydrogen) atoms. The fourth-order valence-corrected chi connectivity index (χ4v) is 5.18. The molecule has 1 atom stereocenters. The van der Waals surface area contributed by atoms with Gasteiger partial charge in [-0.25, -0.2) is 0 Å². The molecule has 0 fully saturated rings. The summed E-state index contributed by atoms with van der Waals surface area (Å²) in [6.07, 6.45) is -0.814. The largest absolute Gasteiger partial charge is 0.493 e. The van der Waals surface area contributed by atoms with Gasteiger partial charge in [0.1, 0.15) is 17.7 Å². The average molecular weight is 494 g/mol. The molecule has 0 spiro atoms. The van der Waals surface area contributed by atoms with Crippen LogP contribution in [0.1, 0.15) is 57.2 Å². The predicted molar refractivity (Wildman–Crippen MR) is 129 cm³/mol. The lowest BCUT2D eigenvalue weighted by molar-refractivity contribution is -0.117. The molecule has 3 amide bonds. The first kappa shape index (κ1) is 22.8. The van der Waals surface area contributed by atoms with Crippen molar-refractivity contribution in [1.29, 1.82) is 0 Å². The minimum absolute atomic E-state index is 0.180. The first-order valence-electron chi connectivity index (χ1n) is 11.0. The van der Waals surface area contributed by atoms with Crippen LogP contribution < -0.4 is 19.7 Å². The molecule has 2 aliphatic heterocycles. The number of ether oxygens (including phenoxy) is 2. The molecule has 0 radical (unpaired) electrons. The smallest absolute Gasteiger partial charge is 0.264 e. The van der Waals surface area contributed by atoms with Gasteiger partial charge in [-0.2, -0.15) is 0 Å². The monoisotopic (exact) mass is 493 g/mol. The highest BCUT2D eigenvalue weighted by Gasteiger charge is 2.50. The molecule has 11 heteroatoms. The molecular weight excluding hydrogens is 470 g/mol. The van der Waals surface area contributed by atoms with Crippen molar-refractivity contribution in [3.8, 4) is 11.5 Å². The maximum absolute atomic E-state index is 13.7. The number of carbonyl (C=O) groups is 3. The van der Waals surface area contributed by atoms with Crippen molar-refractivity contribution in [2.75, 3.05) is 31.0 Å². The maximum atomic E-state index is 13.7. The Morgan fingerprint density at radius 2 is 1.86 bits per heavy atom. The number of amides is 3. The van der Waals surface area contributed by atoms with Crippen LogP contribution in [0.2, 0.25) is 0 Å². The molecule has 0 unspecified atom stereocenters. The van der Waals surface area contributed by atoms with Crippen molar-refractivity contribution in [3.05, 3.63) is 58.1 Å². The topological polar surface area (TPSA) is 114 Å². The quantitative estimate of drug-likeness (QED) is 0.560. The summed E-state index contributed by atoms with van der Waals surface area (Å²) in [5, 5.41) is 12.0. The number of methoxy groups -OCH3 is 2. The Kier molecular flexibility index (Phi) is 5.64. The van der Waals surface area contributed by atoms with Crippen LogP contribution in [0, 0.1) is 0 Å². The number of nitrogens with zero attached hydrogens (tertiary/aromatic N) is 4. The number of hydrogen-bond donors (Lipinski definition) is 1. The summed E-state index contributed by atoms with van der Waals surface area (Å²) in [6.45, 7) is 3.69. The third-order valence-corrected chi connectivity index (χ3v) is 7.12. The van der Waals surface area contributed by atoms with Crippen molar-refractivity contribution in [3.63, 3.8) is 0 Å². The first-order chi connectivity index (χ1) is 16.8. The van der Waals surface area contributed by atoms with Crippen LogP contribution in [0.25, 0.3) is 0 Å². The van der Waals surface area contributed by atoms with E-state index in [1.807, 2.05) is 13.8 Å². The number of aromatic nitrogens is 2. The van der Waals surface area contributed by atoms with Gasteiger partial charge in [-0.15, -0.1) is 10.2 Å². The number of nitrogens with one attached hydrogen (secondary N) is 1. The zero-order valence-corrected chi connectivity index (χ0v) is 20.4. The van der Waals surface area contributed by atoms with E-state index >= 15 is 0 Å². The third kappa shape index (κ3) is 3.59. The minimum atomic E-state index is -0.814. The second kappa shape index (κ2) is 8.66. The summed E-state index contributed by atoms with van der Waals surface area (Å²) in [5.41, 5.74) is 1.67. The van der Waals surface area contributed by atoms with Gasteiger partial charge in [-0.05, 0) is 18.2 Å². The Labute approximate surface area is 205 Å². The second-order valence-electron chi connectivity index (χ2n) is 8.41. The van der Waals surface area contributed by atoms with Crippen molar-refractivity contribution >= 4 is 39.9 Å². The molecule has 2 aromatic carbocycles. The summed E-state index contributed by atoms with van der Waals surface area (Å²) in [5.74, 6) is -0.260. The fourth-order valence-electron chi connectivity index (χ4n) is 4.42. The van der Waals surface area contributed by atoms with E-state index in [9.17, 15) is 14.4 Å². The summed E-state index contributed by atoms with van der Waals surface area (Å²) < 4.78 is 10.9. The van der Waals surface area contributed by atoms with Crippen LogP contribution in [-0.4, -0.2) is 53.6 Å². The van der Waals surface area contributed by atoms with Gasteiger partial charge in [0.05, 0.1) is 31.0 Å². The lowest BCUT2D eigenvalue weighted by Gasteiger charge is -2.40. The lowest BCUT2D eigenvalue weighted by atomic mass is 10.0. The summed E-state index contributed by atoms with van der Waals surface area (Å²) >= 11 is 1.29. The highest BCUT2D eigenvalue weighted by atomic mass is 32.1. The van der Waals surface area contributed by atoms with Crippen molar-refractivity contribution in [2.45, 2.75) is 25.9 Å². The zero-order chi connectivity index (χ0) is 24.9. The molecule has 3 heterocycles. The molecule has 2 aliphatic rings. The van der Waals surface area contributed by atoms with Crippen LogP contribution in [0.4, 0.5) is 10.8 Å². The van der Waals surface area contributed by atoms with Gasteiger partial charge in [-0.3, -0.25) is 24.6 Å². The average Bonchev–Trinajstić information content (AvgIpc) is 3.44. The Morgan fingerprint density at radius 3 is 2.54 bits per heavy atom. The maximum Gasteiger partial charge on any atom is 0.264 e.